The summed E-state index contributed by atoms with van der Waals surface area (Å²) in [5.74, 6) is 1.78. The van der Waals surface area contributed by atoms with E-state index in [0.717, 1.165) is 76.0 Å². The van der Waals surface area contributed by atoms with E-state index in [0.29, 0.717) is 17.5 Å². The molecule has 0 amide bonds. The summed E-state index contributed by atoms with van der Waals surface area (Å²) in [6.07, 6.45) is 0. The molecule has 0 saturated heterocycles. The molecule has 3 heterocycles. The minimum absolute atomic E-state index is 0.562. The van der Waals surface area contributed by atoms with Crippen LogP contribution in [-0.2, 0) is 0 Å². The summed E-state index contributed by atoms with van der Waals surface area (Å²) in [4.78, 5) is 16.1. The van der Waals surface area contributed by atoms with Gasteiger partial charge >= 0.3 is 0 Å². The predicted octanol–water partition coefficient (Wildman–Crippen LogP) is 16.4. The Morgan fingerprint density at radius 3 is 1.70 bits per heavy atom. The number of aromatic nitrogens is 3. The summed E-state index contributed by atoms with van der Waals surface area (Å²) in [6, 6.07) is 75.0. The van der Waals surface area contributed by atoms with E-state index in [2.05, 4.69) is 194 Å². The van der Waals surface area contributed by atoms with Crippen LogP contribution in [-0.4, -0.2) is 15.0 Å². The summed E-state index contributed by atoms with van der Waals surface area (Å²) < 4.78 is 9.56. The molecular formula is C59H35N3OS. The van der Waals surface area contributed by atoms with E-state index in [1.54, 1.807) is 11.3 Å². The molecule has 0 N–H and O–H groups in total. The molecule has 13 rings (SSSR count). The van der Waals surface area contributed by atoms with Gasteiger partial charge in [0.1, 0.15) is 11.2 Å². The van der Waals surface area contributed by atoms with Crippen LogP contribution < -0.4 is 0 Å². The molecule has 0 aliphatic carbocycles. The quantitative estimate of drug-likeness (QED) is 0.167. The highest BCUT2D eigenvalue weighted by atomic mass is 32.1. The lowest BCUT2D eigenvalue weighted by Crippen LogP contribution is -2.01. The van der Waals surface area contributed by atoms with Crippen LogP contribution in [0.1, 0.15) is 0 Å². The lowest BCUT2D eigenvalue weighted by Gasteiger charge is -2.12. The molecule has 0 saturated carbocycles. The highest BCUT2D eigenvalue weighted by Crippen LogP contribution is 2.48. The standard InChI is InChI=1S/C59H35N3OS/c1-4-17-36(18-5-1)39-25-14-26-40(33-39)43-29-16-32-50-51(43)46-30-15-31-47(56(46)64-50)58-60-57(38-21-8-3-9-22-38)61-59(62-58)53-44-27-12-10-23-41(44)35-49-52-48(37-19-6-2-7-20-37)34-42-24-11-13-28-45(42)54(52)63-55(49)53/h1-35H. The fraction of sp³-hybridized carbons (Fsp3) is 0. The largest absolute Gasteiger partial charge is 0.455 e. The Morgan fingerprint density at radius 2 is 0.906 bits per heavy atom. The van der Waals surface area contributed by atoms with E-state index >= 15 is 0 Å². The minimum Gasteiger partial charge on any atom is -0.455 e. The Balaban J connectivity index is 1.08. The second-order valence-electron chi connectivity index (χ2n) is 16.2. The Morgan fingerprint density at radius 1 is 0.328 bits per heavy atom. The molecule has 298 valence electrons. The molecular weight excluding hydrogens is 799 g/mol. The Hall–Kier alpha value is -8.25. The van der Waals surface area contributed by atoms with Crippen molar-refractivity contribution in [2.75, 3.05) is 0 Å². The van der Waals surface area contributed by atoms with Gasteiger partial charge < -0.3 is 4.42 Å². The first-order valence-electron chi connectivity index (χ1n) is 21.5. The number of thiophene rings is 1. The number of fused-ring (bicyclic) bond motifs is 9. The van der Waals surface area contributed by atoms with Gasteiger partial charge in [-0.3, -0.25) is 0 Å². The summed E-state index contributed by atoms with van der Waals surface area (Å²) in [6.45, 7) is 0. The minimum atomic E-state index is 0.562. The van der Waals surface area contributed by atoms with Gasteiger partial charge in [0.15, 0.2) is 17.5 Å². The highest BCUT2D eigenvalue weighted by Gasteiger charge is 2.25. The third kappa shape index (κ3) is 5.86. The molecule has 0 unspecified atom stereocenters. The lowest BCUT2D eigenvalue weighted by molar-refractivity contribution is 0.674. The molecule has 64 heavy (non-hydrogen) atoms. The van der Waals surface area contributed by atoms with Crippen molar-refractivity contribution in [1.82, 2.24) is 15.0 Å². The van der Waals surface area contributed by atoms with Gasteiger partial charge in [-0.2, -0.15) is 0 Å². The van der Waals surface area contributed by atoms with Gasteiger partial charge in [0.2, 0.25) is 0 Å². The SMILES string of the molecule is c1ccc(-c2cccc(-c3cccc4sc5c(-c6nc(-c7ccccc7)nc(-c7c8ccccc8cc8c7oc7c9ccccc9cc(-c9ccccc9)c87)n6)cccc5c34)c2)cc1. The van der Waals surface area contributed by atoms with Crippen LogP contribution in [0, 0.1) is 0 Å². The molecule has 0 bridgehead atoms. The summed E-state index contributed by atoms with van der Waals surface area (Å²) in [5, 5.41) is 8.77. The van der Waals surface area contributed by atoms with Crippen molar-refractivity contribution in [3.63, 3.8) is 0 Å². The maximum atomic E-state index is 7.22. The van der Waals surface area contributed by atoms with E-state index in [9.17, 15) is 0 Å². The summed E-state index contributed by atoms with van der Waals surface area (Å²) >= 11 is 1.79. The topological polar surface area (TPSA) is 51.8 Å². The van der Waals surface area contributed by atoms with Crippen LogP contribution in [0.25, 0.3) is 131 Å². The van der Waals surface area contributed by atoms with Gasteiger partial charge in [-0.15, -0.1) is 11.3 Å². The first-order valence-corrected chi connectivity index (χ1v) is 22.3. The molecule has 3 aromatic heterocycles. The third-order valence-electron chi connectivity index (χ3n) is 12.5. The average Bonchev–Trinajstić information content (AvgIpc) is 3.95. The molecule has 0 spiro atoms. The zero-order chi connectivity index (χ0) is 42.1. The number of rotatable bonds is 6. The van der Waals surface area contributed by atoms with Gasteiger partial charge in [-0.25, -0.2) is 15.0 Å². The van der Waals surface area contributed by atoms with Gasteiger partial charge in [-0.1, -0.05) is 182 Å². The molecule has 0 aliphatic heterocycles. The fourth-order valence-corrected chi connectivity index (χ4v) is 10.8. The van der Waals surface area contributed by atoms with Gasteiger partial charge in [-0.05, 0) is 79.9 Å². The van der Waals surface area contributed by atoms with E-state index < -0.39 is 0 Å². The number of benzene rings is 10. The first kappa shape index (κ1) is 36.4. The molecule has 13 aromatic rings. The van der Waals surface area contributed by atoms with Crippen molar-refractivity contribution < 1.29 is 4.42 Å². The lowest BCUT2D eigenvalue weighted by atomic mass is 9.93. The van der Waals surface area contributed by atoms with Crippen molar-refractivity contribution in [2.45, 2.75) is 0 Å². The van der Waals surface area contributed by atoms with E-state index in [1.165, 1.54) is 37.7 Å². The Bertz CT molecular complexity index is 3950. The van der Waals surface area contributed by atoms with Gasteiger partial charge in [0.05, 0.1) is 5.56 Å². The van der Waals surface area contributed by atoms with E-state index in [1.807, 2.05) is 18.2 Å². The monoisotopic (exact) mass is 833 g/mol. The maximum Gasteiger partial charge on any atom is 0.168 e. The second-order valence-corrected chi connectivity index (χ2v) is 17.3. The van der Waals surface area contributed by atoms with E-state index in [-0.39, 0.29) is 0 Å². The Kier molecular flexibility index (Phi) is 8.36. The average molecular weight is 834 g/mol. The molecule has 0 radical (unpaired) electrons. The van der Waals surface area contributed by atoms with Crippen molar-refractivity contribution in [3.8, 4) is 67.5 Å². The number of nitrogens with zero attached hydrogens (tertiary/aromatic N) is 3. The first-order chi connectivity index (χ1) is 31.7. The molecule has 0 aliphatic rings. The third-order valence-corrected chi connectivity index (χ3v) is 13.7. The molecule has 0 atom stereocenters. The van der Waals surface area contributed by atoms with Crippen molar-refractivity contribution in [3.05, 3.63) is 212 Å². The summed E-state index contributed by atoms with van der Waals surface area (Å²) in [5.41, 5.74) is 11.3. The van der Waals surface area contributed by atoms with Crippen LogP contribution in [0.15, 0.2) is 217 Å². The summed E-state index contributed by atoms with van der Waals surface area (Å²) in [7, 11) is 0. The second kappa shape index (κ2) is 14.7. The zero-order valence-corrected chi connectivity index (χ0v) is 35.2. The molecule has 0 fully saturated rings. The molecule has 4 nitrogen and oxygen atoms in total. The van der Waals surface area contributed by atoms with Crippen molar-refractivity contribution in [2.24, 2.45) is 0 Å². The van der Waals surface area contributed by atoms with Gasteiger partial charge in [0, 0.05) is 47.5 Å². The van der Waals surface area contributed by atoms with Crippen LogP contribution in [0.5, 0.6) is 0 Å². The molecule has 5 heteroatoms. The van der Waals surface area contributed by atoms with Gasteiger partial charge in [0.25, 0.3) is 0 Å². The van der Waals surface area contributed by atoms with Crippen molar-refractivity contribution >= 4 is 75.0 Å². The number of hydrogen-bond acceptors (Lipinski definition) is 5. The number of hydrogen-bond donors (Lipinski definition) is 0. The maximum absolute atomic E-state index is 7.22. The number of furan rings is 1. The van der Waals surface area contributed by atoms with Crippen LogP contribution in [0.3, 0.4) is 0 Å². The van der Waals surface area contributed by atoms with Crippen LogP contribution in [0.4, 0.5) is 0 Å². The predicted molar refractivity (Wildman–Crippen MR) is 268 cm³/mol. The zero-order valence-electron chi connectivity index (χ0n) is 34.4. The van der Waals surface area contributed by atoms with E-state index in [4.69, 9.17) is 19.4 Å². The fourth-order valence-electron chi connectivity index (χ4n) is 9.56. The normalized spacial score (nSPS) is 11.8. The Labute approximate surface area is 372 Å². The van der Waals surface area contributed by atoms with Crippen LogP contribution >= 0.6 is 11.3 Å². The van der Waals surface area contributed by atoms with Crippen molar-refractivity contribution in [1.29, 1.82) is 0 Å². The smallest absolute Gasteiger partial charge is 0.168 e. The molecule has 10 aromatic carbocycles. The highest BCUT2D eigenvalue weighted by molar-refractivity contribution is 7.26. The van der Waals surface area contributed by atoms with Crippen LogP contribution in [0.2, 0.25) is 0 Å².